The topological polar surface area (TPSA) is 41.6 Å². The minimum atomic E-state index is 0.284. The number of hydrogen-bond donors (Lipinski definition) is 1. The van der Waals surface area contributed by atoms with Gasteiger partial charge in [0.1, 0.15) is 5.65 Å². The van der Waals surface area contributed by atoms with Crippen molar-refractivity contribution < 1.29 is 0 Å². The molecule has 1 N–H and O–H groups in total. The quantitative estimate of drug-likeness (QED) is 0.588. The summed E-state index contributed by atoms with van der Waals surface area (Å²) in [7, 11) is 0. The van der Waals surface area contributed by atoms with E-state index in [1.54, 1.807) is 0 Å². The highest BCUT2D eigenvalue weighted by Gasteiger charge is 2.09. The van der Waals surface area contributed by atoms with Crippen LogP contribution >= 0.6 is 11.6 Å². The maximum Gasteiger partial charge on any atom is 0.224 e. The molecule has 0 unspecified atom stereocenters. The molecule has 0 aliphatic heterocycles. The Morgan fingerprint density at radius 1 is 1.20 bits per heavy atom. The molecule has 1 aromatic carbocycles. The van der Waals surface area contributed by atoms with E-state index in [0.717, 1.165) is 27.6 Å². The number of nitrogens with zero attached hydrogens (tertiary/aromatic N) is 2. The number of para-hydroxylation sites is 1. The molecule has 3 nitrogen and oxygen atoms in total. The minimum absolute atomic E-state index is 0.284. The first kappa shape index (κ1) is 8.68. The number of fused-ring (bicyclic) bond motifs is 3. The highest BCUT2D eigenvalue weighted by molar-refractivity contribution is 6.28. The van der Waals surface area contributed by atoms with Crippen LogP contribution in [0.4, 0.5) is 0 Å². The number of halogens is 1. The molecule has 0 aliphatic rings. The first-order chi connectivity index (χ1) is 7.25. The molecule has 0 radical (unpaired) electrons. The molecule has 3 aromatic rings. The monoisotopic (exact) mass is 217 g/mol. The number of aromatic nitrogens is 3. The molecule has 0 saturated carbocycles. The second-order valence-electron chi connectivity index (χ2n) is 3.47. The SMILES string of the molecule is Cc1nc(Cl)nc2[nH]c3ccccc3c12. The molecule has 0 saturated heterocycles. The predicted octanol–water partition coefficient (Wildman–Crippen LogP) is 3.07. The lowest BCUT2D eigenvalue weighted by molar-refractivity contribution is 1.14. The summed E-state index contributed by atoms with van der Waals surface area (Å²) in [5, 5.41) is 2.48. The number of hydrogen-bond acceptors (Lipinski definition) is 2. The first-order valence-corrected chi connectivity index (χ1v) is 5.04. The summed E-state index contributed by atoms with van der Waals surface area (Å²) in [6.07, 6.45) is 0. The molecular formula is C11H8ClN3. The first-order valence-electron chi connectivity index (χ1n) is 4.66. The van der Waals surface area contributed by atoms with Crippen molar-refractivity contribution in [3.05, 3.63) is 35.2 Å². The van der Waals surface area contributed by atoms with Gasteiger partial charge in [-0.15, -0.1) is 0 Å². The van der Waals surface area contributed by atoms with Gasteiger partial charge in [0.15, 0.2) is 0 Å². The van der Waals surface area contributed by atoms with E-state index < -0.39 is 0 Å². The lowest BCUT2D eigenvalue weighted by atomic mass is 10.2. The van der Waals surface area contributed by atoms with E-state index in [0.29, 0.717) is 0 Å². The number of aryl methyl sites for hydroxylation is 1. The third-order valence-corrected chi connectivity index (χ3v) is 2.68. The van der Waals surface area contributed by atoms with Crippen LogP contribution in [-0.2, 0) is 0 Å². The number of aromatic amines is 1. The van der Waals surface area contributed by atoms with E-state index in [2.05, 4.69) is 21.0 Å². The Labute approximate surface area is 91.1 Å². The van der Waals surface area contributed by atoms with Crippen molar-refractivity contribution in [2.45, 2.75) is 6.92 Å². The van der Waals surface area contributed by atoms with Crippen molar-refractivity contribution >= 4 is 33.5 Å². The molecule has 0 fully saturated rings. The lowest BCUT2D eigenvalue weighted by Crippen LogP contribution is -1.87. The third-order valence-electron chi connectivity index (χ3n) is 2.51. The van der Waals surface area contributed by atoms with Crippen LogP contribution in [0.2, 0.25) is 5.28 Å². The molecule has 0 spiro atoms. The zero-order valence-corrected chi connectivity index (χ0v) is 8.84. The van der Waals surface area contributed by atoms with Crippen LogP contribution in [0.15, 0.2) is 24.3 Å². The Morgan fingerprint density at radius 3 is 2.87 bits per heavy atom. The van der Waals surface area contributed by atoms with Gasteiger partial charge < -0.3 is 4.98 Å². The standard InChI is InChI=1S/C11H8ClN3/c1-6-9-7-4-2-3-5-8(7)14-10(9)15-11(12)13-6/h2-5H,1H3,(H,13,14,15). The van der Waals surface area contributed by atoms with Gasteiger partial charge in [0.25, 0.3) is 0 Å². The normalized spacial score (nSPS) is 11.3. The fourth-order valence-corrected chi connectivity index (χ4v) is 2.10. The smallest absolute Gasteiger partial charge is 0.224 e. The molecule has 0 aliphatic carbocycles. The van der Waals surface area contributed by atoms with Crippen molar-refractivity contribution in [1.29, 1.82) is 0 Å². The minimum Gasteiger partial charge on any atom is -0.339 e. The van der Waals surface area contributed by atoms with Gasteiger partial charge in [-0.1, -0.05) is 18.2 Å². The van der Waals surface area contributed by atoms with Crippen LogP contribution in [0.25, 0.3) is 21.9 Å². The second-order valence-corrected chi connectivity index (χ2v) is 3.81. The lowest BCUT2D eigenvalue weighted by Gasteiger charge is -1.95. The largest absolute Gasteiger partial charge is 0.339 e. The van der Waals surface area contributed by atoms with Gasteiger partial charge >= 0.3 is 0 Å². The molecule has 74 valence electrons. The summed E-state index contributed by atoms with van der Waals surface area (Å²) in [4.78, 5) is 11.6. The molecule has 0 atom stereocenters. The van der Waals surface area contributed by atoms with E-state index >= 15 is 0 Å². The molecule has 0 bridgehead atoms. The van der Waals surface area contributed by atoms with Crippen molar-refractivity contribution in [3.8, 4) is 0 Å². The number of nitrogens with one attached hydrogen (secondary N) is 1. The highest BCUT2D eigenvalue weighted by atomic mass is 35.5. The van der Waals surface area contributed by atoms with Crippen molar-refractivity contribution in [2.75, 3.05) is 0 Å². The Hall–Kier alpha value is -1.61. The molecule has 4 heteroatoms. The Balaban J connectivity index is 2.61. The number of benzene rings is 1. The fraction of sp³-hybridized carbons (Fsp3) is 0.0909. The van der Waals surface area contributed by atoms with Gasteiger partial charge in [-0.2, -0.15) is 4.98 Å². The van der Waals surface area contributed by atoms with E-state index in [1.807, 2.05) is 25.1 Å². The Morgan fingerprint density at radius 2 is 2.00 bits per heavy atom. The number of rotatable bonds is 0. The van der Waals surface area contributed by atoms with Crippen LogP contribution in [0, 0.1) is 6.92 Å². The molecule has 3 rings (SSSR count). The Bertz CT molecular complexity index is 657. The Kier molecular flexibility index (Phi) is 1.70. The molecule has 2 heterocycles. The third kappa shape index (κ3) is 1.20. The second kappa shape index (κ2) is 2.94. The summed E-state index contributed by atoms with van der Waals surface area (Å²) in [6, 6.07) is 8.06. The zero-order valence-electron chi connectivity index (χ0n) is 8.08. The van der Waals surface area contributed by atoms with Gasteiger partial charge in [0, 0.05) is 16.3 Å². The van der Waals surface area contributed by atoms with E-state index in [4.69, 9.17) is 11.6 Å². The maximum atomic E-state index is 5.81. The van der Waals surface area contributed by atoms with Gasteiger partial charge in [-0.05, 0) is 24.6 Å². The summed E-state index contributed by atoms with van der Waals surface area (Å²) in [5.41, 5.74) is 2.77. The molecule has 2 aromatic heterocycles. The fourth-order valence-electron chi connectivity index (χ4n) is 1.89. The zero-order chi connectivity index (χ0) is 10.4. The average Bonchev–Trinajstić information content (AvgIpc) is 2.54. The van der Waals surface area contributed by atoms with Crippen LogP contribution in [-0.4, -0.2) is 15.0 Å². The molecule has 15 heavy (non-hydrogen) atoms. The van der Waals surface area contributed by atoms with Crippen LogP contribution in [0.1, 0.15) is 5.69 Å². The van der Waals surface area contributed by atoms with Crippen molar-refractivity contribution in [3.63, 3.8) is 0 Å². The average molecular weight is 218 g/mol. The van der Waals surface area contributed by atoms with E-state index in [-0.39, 0.29) is 5.28 Å². The highest BCUT2D eigenvalue weighted by Crippen LogP contribution is 2.26. The van der Waals surface area contributed by atoms with Crippen molar-refractivity contribution in [2.24, 2.45) is 0 Å². The van der Waals surface area contributed by atoms with E-state index in [9.17, 15) is 0 Å². The summed E-state index contributed by atoms with van der Waals surface area (Å²) >= 11 is 5.81. The van der Waals surface area contributed by atoms with Crippen LogP contribution < -0.4 is 0 Å². The van der Waals surface area contributed by atoms with Crippen LogP contribution in [0.3, 0.4) is 0 Å². The van der Waals surface area contributed by atoms with Crippen molar-refractivity contribution in [1.82, 2.24) is 15.0 Å². The molecular weight excluding hydrogens is 210 g/mol. The van der Waals surface area contributed by atoms with Gasteiger partial charge in [-0.25, -0.2) is 4.98 Å². The van der Waals surface area contributed by atoms with Gasteiger partial charge in [0.05, 0.1) is 5.69 Å². The predicted molar refractivity (Wildman–Crippen MR) is 61.1 cm³/mol. The van der Waals surface area contributed by atoms with Gasteiger partial charge in [0.2, 0.25) is 5.28 Å². The van der Waals surface area contributed by atoms with Gasteiger partial charge in [-0.3, -0.25) is 0 Å². The number of H-pyrrole nitrogens is 1. The molecule has 0 amide bonds. The summed E-state index contributed by atoms with van der Waals surface area (Å²) in [5.74, 6) is 0. The maximum absolute atomic E-state index is 5.81. The summed E-state index contributed by atoms with van der Waals surface area (Å²) < 4.78 is 0. The van der Waals surface area contributed by atoms with E-state index in [1.165, 1.54) is 0 Å². The summed E-state index contributed by atoms with van der Waals surface area (Å²) in [6.45, 7) is 1.94. The van der Waals surface area contributed by atoms with Crippen LogP contribution in [0.5, 0.6) is 0 Å².